The summed E-state index contributed by atoms with van der Waals surface area (Å²) in [4.78, 5) is 41.8. The lowest BCUT2D eigenvalue weighted by Gasteiger charge is -2.24. The van der Waals surface area contributed by atoms with E-state index in [0.29, 0.717) is 25.2 Å². The van der Waals surface area contributed by atoms with Crippen molar-refractivity contribution in [3.63, 3.8) is 0 Å². The van der Waals surface area contributed by atoms with Crippen molar-refractivity contribution in [3.8, 4) is 0 Å². The summed E-state index contributed by atoms with van der Waals surface area (Å²) in [5.41, 5.74) is 2.38. The Labute approximate surface area is 174 Å². The molecule has 2 heterocycles. The summed E-state index contributed by atoms with van der Waals surface area (Å²) < 4.78 is 13.2. The van der Waals surface area contributed by atoms with Gasteiger partial charge in [-0.3, -0.25) is 19.3 Å². The number of anilines is 1. The van der Waals surface area contributed by atoms with Crippen LogP contribution in [0.2, 0.25) is 0 Å². The maximum atomic E-state index is 13.2. The Balaban J connectivity index is 1.37. The van der Waals surface area contributed by atoms with Crippen molar-refractivity contribution in [2.75, 3.05) is 31.1 Å². The van der Waals surface area contributed by atoms with Gasteiger partial charge in [0.15, 0.2) is 0 Å². The largest absolute Gasteiger partial charge is 0.370 e. The monoisotopic (exact) mass is 409 g/mol. The molecule has 2 aromatic carbocycles. The molecule has 0 atom stereocenters. The molecule has 0 radical (unpaired) electrons. The quantitative estimate of drug-likeness (QED) is 0.729. The van der Waals surface area contributed by atoms with Gasteiger partial charge >= 0.3 is 0 Å². The molecule has 0 bridgehead atoms. The molecule has 2 saturated heterocycles. The molecule has 2 aliphatic rings. The highest BCUT2D eigenvalue weighted by Gasteiger charge is 2.28. The maximum absolute atomic E-state index is 13.2. The number of amides is 3. The molecule has 2 fully saturated rings. The van der Waals surface area contributed by atoms with Crippen molar-refractivity contribution in [1.29, 1.82) is 0 Å². The second-order valence-corrected chi connectivity index (χ2v) is 7.68. The molecule has 7 heteroatoms. The highest BCUT2D eigenvalue weighted by atomic mass is 19.1. The van der Waals surface area contributed by atoms with E-state index in [4.69, 9.17) is 0 Å². The second-order valence-electron chi connectivity index (χ2n) is 7.68. The number of likely N-dealkylation sites (tertiary alicyclic amines) is 1. The number of carbonyl (C=O) groups excluding carboxylic acids is 3. The van der Waals surface area contributed by atoms with E-state index in [-0.39, 0.29) is 42.9 Å². The lowest BCUT2D eigenvalue weighted by molar-refractivity contribution is -0.139. The second kappa shape index (κ2) is 8.65. The summed E-state index contributed by atoms with van der Waals surface area (Å²) in [5.74, 6) is -0.575. The first-order valence-corrected chi connectivity index (χ1v) is 10.2. The van der Waals surface area contributed by atoms with Crippen molar-refractivity contribution >= 4 is 23.4 Å². The van der Waals surface area contributed by atoms with Crippen molar-refractivity contribution in [3.05, 3.63) is 65.5 Å². The minimum absolute atomic E-state index is 0.0316. The normalized spacial score (nSPS) is 17.4. The molecule has 4 rings (SSSR count). The number of carbonyl (C=O) groups is 3. The van der Waals surface area contributed by atoms with E-state index in [1.54, 1.807) is 36.4 Å². The first-order chi connectivity index (χ1) is 14.5. The molecule has 0 unspecified atom stereocenters. The van der Waals surface area contributed by atoms with Crippen molar-refractivity contribution in [2.24, 2.45) is 0 Å². The van der Waals surface area contributed by atoms with Crippen molar-refractivity contribution in [1.82, 2.24) is 9.80 Å². The van der Waals surface area contributed by atoms with Gasteiger partial charge in [-0.15, -0.1) is 0 Å². The van der Waals surface area contributed by atoms with Crippen LogP contribution >= 0.6 is 0 Å². The van der Waals surface area contributed by atoms with Gasteiger partial charge in [-0.1, -0.05) is 12.1 Å². The van der Waals surface area contributed by atoms with E-state index < -0.39 is 0 Å². The van der Waals surface area contributed by atoms with Gasteiger partial charge in [0.05, 0.1) is 6.54 Å². The zero-order chi connectivity index (χ0) is 21.1. The number of benzene rings is 2. The van der Waals surface area contributed by atoms with Crippen LogP contribution < -0.4 is 4.90 Å². The molecule has 30 heavy (non-hydrogen) atoms. The smallest absolute Gasteiger partial charge is 0.253 e. The fourth-order valence-corrected chi connectivity index (χ4v) is 3.95. The zero-order valence-electron chi connectivity index (χ0n) is 16.7. The van der Waals surface area contributed by atoms with Gasteiger partial charge in [-0.25, -0.2) is 4.39 Å². The maximum Gasteiger partial charge on any atom is 0.253 e. The fourth-order valence-electron chi connectivity index (χ4n) is 3.95. The van der Waals surface area contributed by atoms with Gasteiger partial charge in [0, 0.05) is 50.3 Å². The summed E-state index contributed by atoms with van der Waals surface area (Å²) in [7, 11) is 0. The third-order valence-electron chi connectivity index (χ3n) is 5.67. The van der Waals surface area contributed by atoms with Gasteiger partial charge in [0.2, 0.25) is 11.8 Å². The highest BCUT2D eigenvalue weighted by Crippen LogP contribution is 2.19. The molecule has 0 aliphatic carbocycles. The average Bonchev–Trinajstić information content (AvgIpc) is 2.95. The van der Waals surface area contributed by atoms with Gasteiger partial charge in [-0.2, -0.15) is 0 Å². The van der Waals surface area contributed by atoms with Crippen LogP contribution in [0, 0.1) is 5.82 Å². The van der Waals surface area contributed by atoms with Crippen molar-refractivity contribution in [2.45, 2.75) is 25.8 Å². The third kappa shape index (κ3) is 4.35. The molecule has 0 aromatic heterocycles. The van der Waals surface area contributed by atoms with Crippen LogP contribution in [0.3, 0.4) is 0 Å². The summed E-state index contributed by atoms with van der Waals surface area (Å²) in [6, 6.07) is 13.5. The van der Waals surface area contributed by atoms with Gasteiger partial charge < -0.3 is 9.80 Å². The first kappa shape index (κ1) is 20.1. The topological polar surface area (TPSA) is 60.9 Å². The number of rotatable bonds is 4. The van der Waals surface area contributed by atoms with E-state index in [2.05, 4.69) is 4.90 Å². The zero-order valence-corrected chi connectivity index (χ0v) is 16.7. The molecule has 3 amide bonds. The van der Waals surface area contributed by atoms with Crippen molar-refractivity contribution < 1.29 is 18.8 Å². The van der Waals surface area contributed by atoms with Gasteiger partial charge in [0.25, 0.3) is 5.91 Å². The fraction of sp³-hybridized carbons (Fsp3) is 0.348. The summed E-state index contributed by atoms with van der Waals surface area (Å²) >= 11 is 0. The molecule has 156 valence electrons. The van der Waals surface area contributed by atoms with E-state index in [9.17, 15) is 18.8 Å². The van der Waals surface area contributed by atoms with Crippen LogP contribution in [-0.4, -0.2) is 53.7 Å². The van der Waals surface area contributed by atoms with E-state index >= 15 is 0 Å². The van der Waals surface area contributed by atoms with Crippen LogP contribution in [0.4, 0.5) is 10.1 Å². The van der Waals surface area contributed by atoms with Gasteiger partial charge in [0.1, 0.15) is 5.82 Å². The van der Waals surface area contributed by atoms with Gasteiger partial charge in [-0.05, 0) is 48.4 Å². The summed E-state index contributed by atoms with van der Waals surface area (Å²) in [6.45, 7) is 3.01. The number of hydrogen-bond acceptors (Lipinski definition) is 4. The van der Waals surface area contributed by atoms with E-state index in [1.807, 2.05) is 4.90 Å². The Morgan fingerprint density at radius 2 is 1.50 bits per heavy atom. The SMILES string of the molecule is O=C(c1ccc(CN2C(=O)CCC2=O)cc1)N1CCCN(c2ccc(F)cc2)CC1. The molecule has 6 nitrogen and oxygen atoms in total. The predicted molar refractivity (Wildman–Crippen MR) is 110 cm³/mol. The predicted octanol–water partition coefficient (Wildman–Crippen LogP) is 2.83. The Morgan fingerprint density at radius 3 is 2.17 bits per heavy atom. The molecule has 0 saturated carbocycles. The Bertz CT molecular complexity index is 927. The van der Waals surface area contributed by atoms with Crippen LogP contribution in [-0.2, 0) is 16.1 Å². The lowest BCUT2D eigenvalue weighted by atomic mass is 10.1. The summed E-state index contributed by atoms with van der Waals surface area (Å²) in [6.07, 6.45) is 1.39. The van der Waals surface area contributed by atoms with Crippen LogP contribution in [0.1, 0.15) is 35.2 Å². The first-order valence-electron chi connectivity index (χ1n) is 10.2. The third-order valence-corrected chi connectivity index (χ3v) is 5.67. The number of hydrogen-bond donors (Lipinski definition) is 0. The molecule has 2 aliphatic heterocycles. The molecule has 0 spiro atoms. The minimum Gasteiger partial charge on any atom is -0.370 e. The number of halogens is 1. The Hall–Kier alpha value is -3.22. The molecule has 0 N–H and O–H groups in total. The number of imide groups is 1. The van der Waals surface area contributed by atoms with E-state index in [1.165, 1.54) is 17.0 Å². The van der Waals surface area contributed by atoms with Crippen LogP contribution in [0.25, 0.3) is 0 Å². The molecular weight excluding hydrogens is 385 g/mol. The standard InChI is InChI=1S/C23H24FN3O3/c24-19-6-8-20(9-7-19)25-12-1-13-26(15-14-25)23(30)18-4-2-17(3-5-18)16-27-21(28)10-11-22(27)29/h2-9H,1,10-16H2. The lowest BCUT2D eigenvalue weighted by Crippen LogP contribution is -2.35. The van der Waals surface area contributed by atoms with Crippen LogP contribution in [0.15, 0.2) is 48.5 Å². The Kier molecular flexibility index (Phi) is 5.79. The average molecular weight is 409 g/mol. The molecular formula is C23H24FN3O3. The number of nitrogens with zero attached hydrogens (tertiary/aromatic N) is 3. The highest BCUT2D eigenvalue weighted by molar-refractivity contribution is 6.01. The Morgan fingerprint density at radius 1 is 0.833 bits per heavy atom. The van der Waals surface area contributed by atoms with Crippen LogP contribution in [0.5, 0.6) is 0 Å². The minimum atomic E-state index is -0.257. The molecule has 2 aromatic rings. The van der Waals surface area contributed by atoms with E-state index in [0.717, 1.165) is 24.2 Å². The summed E-state index contributed by atoms with van der Waals surface area (Å²) in [5, 5.41) is 0.